The highest BCUT2D eigenvalue weighted by atomic mass is 19.1. The zero-order valence-electron chi connectivity index (χ0n) is 19.6. The molecule has 2 atom stereocenters. The standard InChI is InChI=1S/C27H25F2N5O/c1-32-15-19(14-30-32)16-5-3-6-17(9-16)27(35)34-22-7-4-8-24(34)25-23(13-22)26(33(2)31-25)18-10-20(28)12-21(29)11-18/h3,5-6,9-12,14-15,22,24H,4,7-8,13H2,1-2H3/t22-,24+/m1/s1. The fourth-order valence-electron chi connectivity index (χ4n) is 5.75. The molecule has 1 amide bonds. The quantitative estimate of drug-likeness (QED) is 0.418. The highest BCUT2D eigenvalue weighted by Crippen LogP contribution is 2.45. The van der Waals surface area contributed by atoms with Crippen molar-refractivity contribution in [2.24, 2.45) is 14.1 Å². The van der Waals surface area contributed by atoms with Crippen LogP contribution in [0.3, 0.4) is 0 Å². The first-order valence-electron chi connectivity index (χ1n) is 11.8. The van der Waals surface area contributed by atoms with E-state index in [2.05, 4.69) is 5.10 Å². The van der Waals surface area contributed by atoms with Crippen molar-refractivity contribution in [3.63, 3.8) is 0 Å². The molecule has 2 aliphatic rings. The number of carbonyl (C=O) groups is 1. The number of hydrogen-bond acceptors (Lipinski definition) is 3. The molecule has 0 spiro atoms. The first kappa shape index (κ1) is 21.7. The van der Waals surface area contributed by atoms with Crippen LogP contribution >= 0.6 is 0 Å². The highest BCUT2D eigenvalue weighted by molar-refractivity contribution is 5.96. The summed E-state index contributed by atoms with van der Waals surface area (Å²) in [6.07, 6.45) is 7.03. The van der Waals surface area contributed by atoms with Crippen LogP contribution in [0.15, 0.2) is 54.9 Å². The van der Waals surface area contributed by atoms with Crippen LogP contribution in [0.1, 0.15) is 46.9 Å². The molecule has 8 heteroatoms. The third-order valence-corrected chi connectivity index (χ3v) is 7.19. The average molecular weight is 474 g/mol. The molecule has 0 N–H and O–H groups in total. The van der Waals surface area contributed by atoms with Crippen LogP contribution < -0.4 is 0 Å². The lowest BCUT2D eigenvalue weighted by Gasteiger charge is -2.45. The number of rotatable bonds is 3. The van der Waals surface area contributed by atoms with Gasteiger partial charge in [0.15, 0.2) is 0 Å². The molecule has 6 rings (SSSR count). The van der Waals surface area contributed by atoms with Gasteiger partial charge in [0.25, 0.3) is 5.91 Å². The van der Waals surface area contributed by atoms with Crippen molar-refractivity contribution in [3.8, 4) is 22.4 Å². The summed E-state index contributed by atoms with van der Waals surface area (Å²) in [6.45, 7) is 0. The molecule has 2 aliphatic heterocycles. The predicted octanol–water partition coefficient (Wildman–Crippen LogP) is 5.06. The van der Waals surface area contributed by atoms with E-state index in [-0.39, 0.29) is 18.0 Å². The van der Waals surface area contributed by atoms with Crippen LogP contribution in [0.25, 0.3) is 22.4 Å². The summed E-state index contributed by atoms with van der Waals surface area (Å²) < 4.78 is 31.4. The molecule has 0 saturated carbocycles. The maximum atomic E-state index is 14.0. The van der Waals surface area contributed by atoms with Crippen LogP contribution in [0.4, 0.5) is 8.78 Å². The third-order valence-electron chi connectivity index (χ3n) is 7.19. The van der Waals surface area contributed by atoms with Crippen molar-refractivity contribution in [2.75, 3.05) is 0 Å². The Balaban J connectivity index is 1.39. The molecule has 1 saturated heterocycles. The number of carbonyl (C=O) groups excluding carboxylic acids is 1. The molecular formula is C27H25F2N5O. The van der Waals surface area contributed by atoms with E-state index in [9.17, 15) is 13.6 Å². The van der Waals surface area contributed by atoms with Gasteiger partial charge in [-0.1, -0.05) is 12.1 Å². The minimum Gasteiger partial charge on any atom is -0.327 e. The van der Waals surface area contributed by atoms with Crippen LogP contribution in [0.2, 0.25) is 0 Å². The average Bonchev–Trinajstić information content (AvgIpc) is 3.40. The van der Waals surface area contributed by atoms with Crippen molar-refractivity contribution in [2.45, 2.75) is 37.8 Å². The summed E-state index contributed by atoms with van der Waals surface area (Å²) >= 11 is 0. The molecule has 6 nitrogen and oxygen atoms in total. The minimum atomic E-state index is -0.615. The summed E-state index contributed by atoms with van der Waals surface area (Å²) in [5.41, 5.74) is 5.55. The Morgan fingerprint density at radius 2 is 1.80 bits per heavy atom. The van der Waals surface area contributed by atoms with Crippen LogP contribution in [0, 0.1) is 11.6 Å². The van der Waals surface area contributed by atoms with Gasteiger partial charge in [-0.15, -0.1) is 0 Å². The van der Waals surface area contributed by atoms with E-state index in [1.807, 2.05) is 42.4 Å². The first-order chi connectivity index (χ1) is 16.9. The van der Waals surface area contributed by atoms with Gasteiger partial charge < -0.3 is 4.90 Å². The highest BCUT2D eigenvalue weighted by Gasteiger charge is 2.43. The lowest BCUT2D eigenvalue weighted by atomic mass is 9.81. The largest absolute Gasteiger partial charge is 0.327 e. The van der Waals surface area contributed by atoms with E-state index in [0.717, 1.165) is 53.4 Å². The fraction of sp³-hybridized carbons (Fsp3) is 0.296. The monoisotopic (exact) mass is 473 g/mol. The van der Waals surface area contributed by atoms with E-state index in [1.54, 1.807) is 22.6 Å². The number of benzene rings is 2. The smallest absolute Gasteiger partial charge is 0.254 e. The molecule has 4 aromatic rings. The molecule has 4 heterocycles. The van der Waals surface area contributed by atoms with Crippen LogP contribution in [-0.2, 0) is 20.5 Å². The predicted molar refractivity (Wildman–Crippen MR) is 127 cm³/mol. The van der Waals surface area contributed by atoms with E-state index in [0.29, 0.717) is 17.5 Å². The Kier molecular flexibility index (Phi) is 5.05. The van der Waals surface area contributed by atoms with Gasteiger partial charge in [0.2, 0.25) is 0 Å². The van der Waals surface area contributed by atoms with E-state index in [1.165, 1.54) is 12.1 Å². The van der Waals surface area contributed by atoms with Gasteiger partial charge in [0, 0.05) is 54.7 Å². The third kappa shape index (κ3) is 3.64. The van der Waals surface area contributed by atoms with E-state index < -0.39 is 11.6 Å². The van der Waals surface area contributed by atoms with Crippen LogP contribution in [0.5, 0.6) is 0 Å². The summed E-state index contributed by atoms with van der Waals surface area (Å²) in [4.78, 5) is 15.8. The van der Waals surface area contributed by atoms with Gasteiger partial charge in [-0.05, 0) is 55.5 Å². The molecule has 0 radical (unpaired) electrons. The molecule has 1 fully saturated rings. The summed E-state index contributed by atoms with van der Waals surface area (Å²) in [5, 5.41) is 9.01. The number of aromatic nitrogens is 4. The molecule has 2 aromatic heterocycles. The number of halogens is 2. The summed E-state index contributed by atoms with van der Waals surface area (Å²) in [7, 11) is 3.66. The SMILES string of the molecule is Cn1cc(-c2cccc(C(=O)N3[C@@H]4CCC[C@H]3c3nn(C)c(-c5cc(F)cc(F)c5)c3C4)c2)cn1. The fourth-order valence-corrected chi connectivity index (χ4v) is 5.75. The second kappa shape index (κ2) is 8.15. The zero-order chi connectivity index (χ0) is 24.3. The number of hydrogen-bond donors (Lipinski definition) is 0. The topological polar surface area (TPSA) is 56.0 Å². The molecule has 2 bridgehead atoms. The Bertz CT molecular complexity index is 1440. The second-order valence-electron chi connectivity index (χ2n) is 9.49. The number of nitrogens with zero attached hydrogens (tertiary/aromatic N) is 5. The lowest BCUT2D eigenvalue weighted by Crippen LogP contribution is -2.49. The number of aryl methyl sites for hydroxylation is 2. The Hall–Kier alpha value is -3.81. The second-order valence-corrected chi connectivity index (χ2v) is 9.49. The molecule has 0 unspecified atom stereocenters. The van der Waals surface area contributed by atoms with Crippen molar-refractivity contribution in [3.05, 3.63) is 83.3 Å². The van der Waals surface area contributed by atoms with Gasteiger partial charge in [-0.2, -0.15) is 10.2 Å². The lowest BCUT2D eigenvalue weighted by molar-refractivity contribution is 0.0392. The Labute approximate surface area is 201 Å². The van der Waals surface area contributed by atoms with Gasteiger partial charge >= 0.3 is 0 Å². The maximum absolute atomic E-state index is 14.0. The van der Waals surface area contributed by atoms with Gasteiger partial charge in [0.05, 0.1) is 23.6 Å². The van der Waals surface area contributed by atoms with E-state index in [4.69, 9.17) is 5.10 Å². The summed E-state index contributed by atoms with van der Waals surface area (Å²) in [6, 6.07) is 11.1. The zero-order valence-corrected chi connectivity index (χ0v) is 19.6. The normalized spacial score (nSPS) is 19.0. The molecule has 178 valence electrons. The first-order valence-corrected chi connectivity index (χ1v) is 11.8. The molecule has 2 aromatic carbocycles. The van der Waals surface area contributed by atoms with Crippen molar-refractivity contribution < 1.29 is 13.6 Å². The van der Waals surface area contributed by atoms with Crippen molar-refractivity contribution in [1.82, 2.24) is 24.5 Å². The number of piperidine rings is 1. The maximum Gasteiger partial charge on any atom is 0.254 e. The molecular weight excluding hydrogens is 448 g/mol. The van der Waals surface area contributed by atoms with Crippen molar-refractivity contribution in [1.29, 1.82) is 0 Å². The number of amides is 1. The molecule has 0 aliphatic carbocycles. The Morgan fingerprint density at radius 3 is 2.54 bits per heavy atom. The van der Waals surface area contributed by atoms with Crippen molar-refractivity contribution >= 4 is 5.91 Å². The number of fused-ring (bicyclic) bond motifs is 4. The van der Waals surface area contributed by atoms with Gasteiger partial charge in [-0.25, -0.2) is 8.78 Å². The Morgan fingerprint density at radius 1 is 1.00 bits per heavy atom. The van der Waals surface area contributed by atoms with Gasteiger partial charge in [0.1, 0.15) is 11.6 Å². The van der Waals surface area contributed by atoms with E-state index >= 15 is 0 Å². The van der Waals surface area contributed by atoms with Gasteiger partial charge in [-0.3, -0.25) is 14.2 Å². The minimum absolute atomic E-state index is 0.0113. The molecule has 35 heavy (non-hydrogen) atoms. The van der Waals surface area contributed by atoms with Crippen LogP contribution in [-0.4, -0.2) is 36.4 Å². The summed E-state index contributed by atoms with van der Waals surface area (Å²) in [5.74, 6) is -1.24.